The van der Waals surface area contributed by atoms with Gasteiger partial charge in [-0.3, -0.25) is 0 Å². The Hall–Kier alpha value is -1.31. The second kappa shape index (κ2) is 5.99. The van der Waals surface area contributed by atoms with E-state index >= 15 is 0 Å². The minimum atomic E-state index is -0.493. The number of aliphatic hydroxyl groups is 1. The molecular weight excluding hydrogens is 268 g/mol. The van der Waals surface area contributed by atoms with E-state index in [0.717, 1.165) is 27.3 Å². The van der Waals surface area contributed by atoms with E-state index in [1.807, 2.05) is 26.0 Å². The summed E-state index contributed by atoms with van der Waals surface area (Å²) in [6.07, 6.45) is 0.135. The topological polar surface area (TPSA) is 20.2 Å². The molecule has 2 aromatic carbocycles. The molecule has 2 rings (SSSR count). The highest BCUT2D eigenvalue weighted by Gasteiger charge is 2.13. The predicted octanol–water partition coefficient (Wildman–Crippen LogP) is 4.85. The van der Waals surface area contributed by atoms with Crippen LogP contribution in [-0.2, 0) is 6.42 Å². The SMILES string of the molecule is Cc1ccc(CC(O)c2cc(C)c(Cl)cc2C)cc1C. The Morgan fingerprint density at radius 3 is 2.25 bits per heavy atom. The van der Waals surface area contributed by atoms with Gasteiger partial charge in [-0.1, -0.05) is 35.9 Å². The summed E-state index contributed by atoms with van der Waals surface area (Å²) in [4.78, 5) is 0. The average molecular weight is 289 g/mol. The molecule has 0 amide bonds. The fraction of sp³-hybridized carbons (Fsp3) is 0.333. The maximum atomic E-state index is 10.5. The first-order valence-corrected chi connectivity index (χ1v) is 7.27. The summed E-state index contributed by atoms with van der Waals surface area (Å²) < 4.78 is 0. The molecule has 0 saturated heterocycles. The largest absolute Gasteiger partial charge is 0.388 e. The molecule has 1 atom stereocenters. The van der Waals surface area contributed by atoms with Crippen molar-refractivity contribution in [3.8, 4) is 0 Å². The first-order chi connectivity index (χ1) is 9.38. The van der Waals surface area contributed by atoms with Gasteiger partial charge in [0.05, 0.1) is 6.10 Å². The second-order valence-corrected chi connectivity index (χ2v) is 6.00. The quantitative estimate of drug-likeness (QED) is 0.856. The molecule has 0 spiro atoms. The minimum absolute atomic E-state index is 0.493. The van der Waals surface area contributed by atoms with Gasteiger partial charge in [-0.25, -0.2) is 0 Å². The van der Waals surface area contributed by atoms with E-state index in [0.29, 0.717) is 6.42 Å². The van der Waals surface area contributed by atoms with Crippen LogP contribution in [0, 0.1) is 27.7 Å². The van der Waals surface area contributed by atoms with E-state index in [1.54, 1.807) is 0 Å². The lowest BCUT2D eigenvalue weighted by Gasteiger charge is -2.16. The smallest absolute Gasteiger partial charge is 0.0833 e. The number of benzene rings is 2. The van der Waals surface area contributed by atoms with Crippen LogP contribution in [0.5, 0.6) is 0 Å². The minimum Gasteiger partial charge on any atom is -0.388 e. The number of aliphatic hydroxyl groups excluding tert-OH is 1. The summed E-state index contributed by atoms with van der Waals surface area (Å²) >= 11 is 6.11. The number of hydrogen-bond acceptors (Lipinski definition) is 1. The molecule has 0 aliphatic heterocycles. The predicted molar refractivity (Wildman–Crippen MR) is 85.5 cm³/mol. The van der Waals surface area contributed by atoms with Crippen LogP contribution in [0.4, 0.5) is 0 Å². The molecular formula is C18H21ClO. The molecule has 1 unspecified atom stereocenters. The molecule has 1 N–H and O–H groups in total. The third-order valence-corrected chi connectivity index (χ3v) is 4.31. The second-order valence-electron chi connectivity index (χ2n) is 5.60. The summed E-state index contributed by atoms with van der Waals surface area (Å²) in [5.74, 6) is 0. The van der Waals surface area contributed by atoms with Gasteiger partial charge >= 0.3 is 0 Å². The molecule has 0 aromatic heterocycles. The molecule has 1 nitrogen and oxygen atoms in total. The van der Waals surface area contributed by atoms with Crippen LogP contribution in [0.1, 0.15) is 39.5 Å². The molecule has 0 saturated carbocycles. The lowest BCUT2D eigenvalue weighted by atomic mass is 9.95. The van der Waals surface area contributed by atoms with Gasteiger partial charge < -0.3 is 5.11 Å². The molecule has 0 aliphatic rings. The molecule has 106 valence electrons. The van der Waals surface area contributed by atoms with E-state index < -0.39 is 6.10 Å². The van der Waals surface area contributed by atoms with Gasteiger partial charge in [0.1, 0.15) is 0 Å². The van der Waals surface area contributed by atoms with E-state index in [2.05, 4.69) is 32.0 Å². The van der Waals surface area contributed by atoms with Gasteiger partial charge in [-0.05, 0) is 67.1 Å². The molecule has 0 bridgehead atoms. The molecule has 0 aliphatic carbocycles. The fourth-order valence-corrected chi connectivity index (χ4v) is 2.64. The van der Waals surface area contributed by atoms with Gasteiger partial charge in [0.25, 0.3) is 0 Å². The van der Waals surface area contributed by atoms with Crippen molar-refractivity contribution in [3.63, 3.8) is 0 Å². The highest BCUT2D eigenvalue weighted by molar-refractivity contribution is 6.31. The highest BCUT2D eigenvalue weighted by Crippen LogP contribution is 2.27. The summed E-state index contributed by atoms with van der Waals surface area (Å²) in [6.45, 7) is 8.16. The van der Waals surface area contributed by atoms with Crippen molar-refractivity contribution < 1.29 is 5.11 Å². The Labute approximate surface area is 126 Å². The van der Waals surface area contributed by atoms with Crippen LogP contribution in [0.15, 0.2) is 30.3 Å². The van der Waals surface area contributed by atoms with E-state index in [9.17, 15) is 5.11 Å². The van der Waals surface area contributed by atoms with Crippen molar-refractivity contribution in [2.45, 2.75) is 40.2 Å². The Bertz CT molecular complexity index is 632. The van der Waals surface area contributed by atoms with Gasteiger partial charge in [0, 0.05) is 11.4 Å². The zero-order chi connectivity index (χ0) is 14.9. The maximum Gasteiger partial charge on any atom is 0.0833 e. The standard InChI is InChI=1S/C18H21ClO/c1-11-5-6-15(7-12(11)2)10-18(20)16-8-14(4)17(19)9-13(16)3/h5-9,18,20H,10H2,1-4H3. The fourth-order valence-electron chi connectivity index (χ4n) is 2.43. The van der Waals surface area contributed by atoms with E-state index in [4.69, 9.17) is 11.6 Å². The number of rotatable bonds is 3. The molecule has 0 fully saturated rings. The van der Waals surface area contributed by atoms with Crippen LogP contribution in [-0.4, -0.2) is 5.11 Å². The van der Waals surface area contributed by atoms with Crippen LogP contribution >= 0.6 is 11.6 Å². The van der Waals surface area contributed by atoms with Crippen LogP contribution in [0.25, 0.3) is 0 Å². The molecule has 20 heavy (non-hydrogen) atoms. The van der Waals surface area contributed by atoms with Crippen molar-refractivity contribution in [1.29, 1.82) is 0 Å². The average Bonchev–Trinajstić information content (AvgIpc) is 2.38. The lowest BCUT2D eigenvalue weighted by molar-refractivity contribution is 0.177. The number of halogens is 1. The van der Waals surface area contributed by atoms with Gasteiger partial charge in [0.15, 0.2) is 0 Å². The molecule has 2 heteroatoms. The van der Waals surface area contributed by atoms with Gasteiger partial charge in [0.2, 0.25) is 0 Å². The van der Waals surface area contributed by atoms with Crippen LogP contribution in [0.2, 0.25) is 5.02 Å². The summed E-state index contributed by atoms with van der Waals surface area (Å²) in [5.41, 5.74) is 6.71. The van der Waals surface area contributed by atoms with Crippen LogP contribution in [0.3, 0.4) is 0 Å². The number of aryl methyl sites for hydroxylation is 4. The van der Waals surface area contributed by atoms with Crippen molar-refractivity contribution in [1.82, 2.24) is 0 Å². The summed E-state index contributed by atoms with van der Waals surface area (Å²) in [5, 5.41) is 11.2. The maximum absolute atomic E-state index is 10.5. The van der Waals surface area contributed by atoms with Crippen molar-refractivity contribution >= 4 is 11.6 Å². The Kier molecular flexibility index (Phi) is 4.52. The zero-order valence-electron chi connectivity index (χ0n) is 12.5. The van der Waals surface area contributed by atoms with Gasteiger partial charge in [-0.2, -0.15) is 0 Å². The monoisotopic (exact) mass is 288 g/mol. The van der Waals surface area contributed by atoms with Gasteiger partial charge in [-0.15, -0.1) is 0 Å². The molecule has 0 heterocycles. The van der Waals surface area contributed by atoms with E-state index in [-0.39, 0.29) is 0 Å². The normalized spacial score (nSPS) is 12.5. The van der Waals surface area contributed by atoms with Crippen molar-refractivity contribution in [3.05, 3.63) is 68.7 Å². The van der Waals surface area contributed by atoms with Crippen molar-refractivity contribution in [2.75, 3.05) is 0 Å². The van der Waals surface area contributed by atoms with E-state index in [1.165, 1.54) is 11.1 Å². The summed E-state index contributed by atoms with van der Waals surface area (Å²) in [7, 11) is 0. The first-order valence-electron chi connectivity index (χ1n) is 6.89. The Morgan fingerprint density at radius 2 is 1.60 bits per heavy atom. The number of hydrogen-bond donors (Lipinski definition) is 1. The Morgan fingerprint density at radius 1 is 0.900 bits per heavy atom. The summed E-state index contributed by atoms with van der Waals surface area (Å²) in [6, 6.07) is 10.3. The Balaban J connectivity index is 2.25. The molecule has 2 aromatic rings. The zero-order valence-corrected chi connectivity index (χ0v) is 13.3. The molecule has 0 radical (unpaired) electrons. The third kappa shape index (κ3) is 3.23. The third-order valence-electron chi connectivity index (χ3n) is 3.91. The van der Waals surface area contributed by atoms with Crippen LogP contribution < -0.4 is 0 Å². The first kappa shape index (κ1) is 15.1. The van der Waals surface area contributed by atoms with Crippen molar-refractivity contribution in [2.24, 2.45) is 0 Å². The lowest BCUT2D eigenvalue weighted by Crippen LogP contribution is -2.05. The highest BCUT2D eigenvalue weighted by atomic mass is 35.5.